The summed E-state index contributed by atoms with van der Waals surface area (Å²) in [5, 5.41) is 20.7. The maximum Gasteiger partial charge on any atom is 0.254 e. The zero-order valence-electron chi connectivity index (χ0n) is 14.2. The number of hydrogen-bond donors (Lipinski definition) is 1. The average Bonchev–Trinajstić information content (AvgIpc) is 3.20. The van der Waals surface area contributed by atoms with Gasteiger partial charge in [-0.3, -0.25) is 4.79 Å². The van der Waals surface area contributed by atoms with Crippen LogP contribution in [0, 0.1) is 6.92 Å². The lowest BCUT2D eigenvalue weighted by Crippen LogP contribution is -2.45. The molecule has 3 aromatic rings. The van der Waals surface area contributed by atoms with Crippen LogP contribution in [-0.2, 0) is 7.05 Å². The molecule has 1 N–H and O–H groups in total. The topological polar surface area (TPSA) is 71.2 Å². The zero-order valence-corrected chi connectivity index (χ0v) is 15.0. The molecule has 3 heterocycles. The number of aliphatic hydroxyl groups excluding tert-OH is 1. The average molecular weight is 356 g/mol. The third kappa shape index (κ3) is 2.83. The summed E-state index contributed by atoms with van der Waals surface area (Å²) >= 11 is 1.69. The van der Waals surface area contributed by atoms with Crippen LogP contribution in [0.2, 0.25) is 0 Å². The second-order valence-corrected chi connectivity index (χ2v) is 7.55. The molecule has 130 valence electrons. The van der Waals surface area contributed by atoms with Crippen LogP contribution >= 0.6 is 11.3 Å². The van der Waals surface area contributed by atoms with Crippen molar-refractivity contribution in [3.05, 3.63) is 45.6 Å². The first-order valence-corrected chi connectivity index (χ1v) is 9.23. The molecule has 1 fully saturated rings. The van der Waals surface area contributed by atoms with Crippen molar-refractivity contribution in [2.75, 3.05) is 13.1 Å². The fourth-order valence-electron chi connectivity index (χ4n) is 3.54. The van der Waals surface area contributed by atoms with Gasteiger partial charge in [0, 0.05) is 36.5 Å². The molecule has 1 aliphatic heterocycles. The van der Waals surface area contributed by atoms with Crippen molar-refractivity contribution in [1.82, 2.24) is 19.9 Å². The molecule has 1 aromatic carbocycles. The Bertz CT molecular complexity index is 932. The number of carbonyl (C=O) groups is 1. The van der Waals surface area contributed by atoms with Gasteiger partial charge in [-0.05, 0) is 48.6 Å². The number of rotatable bonds is 2. The molecule has 0 spiro atoms. The molecule has 0 radical (unpaired) electrons. The van der Waals surface area contributed by atoms with Gasteiger partial charge in [-0.1, -0.05) is 5.21 Å². The van der Waals surface area contributed by atoms with Gasteiger partial charge in [0.05, 0.1) is 11.6 Å². The van der Waals surface area contributed by atoms with E-state index in [0.29, 0.717) is 24.2 Å². The number of piperidine rings is 1. The molecule has 6 nitrogen and oxygen atoms in total. The van der Waals surface area contributed by atoms with Crippen molar-refractivity contribution in [2.45, 2.75) is 25.4 Å². The number of hydrogen-bond acceptors (Lipinski definition) is 5. The van der Waals surface area contributed by atoms with Gasteiger partial charge in [0.15, 0.2) is 0 Å². The monoisotopic (exact) mass is 356 g/mol. The van der Waals surface area contributed by atoms with Crippen molar-refractivity contribution < 1.29 is 9.90 Å². The van der Waals surface area contributed by atoms with Gasteiger partial charge in [0.2, 0.25) is 0 Å². The second-order valence-electron chi connectivity index (χ2n) is 6.60. The smallest absolute Gasteiger partial charge is 0.254 e. The molecule has 1 amide bonds. The highest BCUT2D eigenvalue weighted by Crippen LogP contribution is 2.34. The highest BCUT2D eigenvalue weighted by Gasteiger charge is 2.33. The van der Waals surface area contributed by atoms with Gasteiger partial charge in [-0.15, -0.1) is 16.4 Å². The minimum absolute atomic E-state index is 0.0621. The summed E-state index contributed by atoms with van der Waals surface area (Å²) in [6.07, 6.45) is 0.247. The van der Waals surface area contributed by atoms with Crippen LogP contribution < -0.4 is 0 Å². The summed E-state index contributed by atoms with van der Waals surface area (Å²) < 4.78 is 1.68. The summed E-state index contributed by atoms with van der Waals surface area (Å²) in [5.41, 5.74) is 3.41. The number of benzene rings is 1. The molecule has 7 heteroatoms. The van der Waals surface area contributed by atoms with Gasteiger partial charge in [-0.2, -0.15) is 0 Å². The van der Waals surface area contributed by atoms with E-state index >= 15 is 0 Å². The molecule has 0 unspecified atom stereocenters. The first-order chi connectivity index (χ1) is 12.0. The number of likely N-dealkylation sites (tertiary alicyclic amines) is 1. The third-order valence-electron chi connectivity index (χ3n) is 4.97. The van der Waals surface area contributed by atoms with E-state index in [1.165, 1.54) is 10.4 Å². The lowest BCUT2D eigenvalue weighted by molar-refractivity contribution is 0.0387. The van der Waals surface area contributed by atoms with Crippen LogP contribution in [0.1, 0.15) is 33.1 Å². The van der Waals surface area contributed by atoms with E-state index in [1.54, 1.807) is 33.1 Å². The summed E-state index contributed by atoms with van der Waals surface area (Å²) in [6.45, 7) is 3.09. The molecular formula is C18H20N4O2S. The summed E-state index contributed by atoms with van der Waals surface area (Å²) in [5.74, 6) is 0.0551. The molecule has 2 atom stereocenters. The van der Waals surface area contributed by atoms with Crippen LogP contribution in [0.25, 0.3) is 11.0 Å². The molecule has 25 heavy (non-hydrogen) atoms. The Balaban J connectivity index is 1.52. The Kier molecular flexibility index (Phi) is 4.05. The Morgan fingerprint density at radius 1 is 1.36 bits per heavy atom. The van der Waals surface area contributed by atoms with Gasteiger partial charge < -0.3 is 10.0 Å². The molecule has 2 aromatic heterocycles. The van der Waals surface area contributed by atoms with Gasteiger partial charge in [0.25, 0.3) is 5.91 Å². The highest BCUT2D eigenvalue weighted by atomic mass is 32.1. The number of fused-ring (bicyclic) bond motifs is 1. The Labute approximate surface area is 149 Å². The summed E-state index contributed by atoms with van der Waals surface area (Å²) in [6, 6.07) is 7.52. The normalized spacial score (nSPS) is 21.0. The maximum absolute atomic E-state index is 12.8. The van der Waals surface area contributed by atoms with E-state index < -0.39 is 6.10 Å². The number of amides is 1. The lowest BCUT2D eigenvalue weighted by atomic mass is 9.90. The van der Waals surface area contributed by atoms with E-state index in [2.05, 4.69) is 28.7 Å². The molecule has 0 bridgehead atoms. The third-order valence-corrected chi connectivity index (χ3v) is 6.12. The van der Waals surface area contributed by atoms with E-state index in [4.69, 9.17) is 0 Å². The molecular weight excluding hydrogens is 336 g/mol. The molecule has 1 aliphatic rings. The van der Waals surface area contributed by atoms with Crippen LogP contribution in [0.4, 0.5) is 0 Å². The fraction of sp³-hybridized carbons (Fsp3) is 0.389. The van der Waals surface area contributed by atoms with Crippen molar-refractivity contribution in [3.63, 3.8) is 0 Å². The Morgan fingerprint density at radius 2 is 2.20 bits per heavy atom. The van der Waals surface area contributed by atoms with Gasteiger partial charge in [0.1, 0.15) is 5.52 Å². The second kappa shape index (κ2) is 6.24. The van der Waals surface area contributed by atoms with Crippen LogP contribution in [-0.4, -0.2) is 50.1 Å². The minimum atomic E-state index is -0.532. The van der Waals surface area contributed by atoms with Crippen LogP contribution in [0.5, 0.6) is 0 Å². The van der Waals surface area contributed by atoms with Crippen molar-refractivity contribution >= 4 is 28.3 Å². The van der Waals surface area contributed by atoms with Crippen molar-refractivity contribution in [3.8, 4) is 0 Å². The van der Waals surface area contributed by atoms with E-state index in [9.17, 15) is 9.90 Å². The van der Waals surface area contributed by atoms with E-state index in [0.717, 1.165) is 11.9 Å². The van der Waals surface area contributed by atoms with Crippen LogP contribution in [0.3, 0.4) is 0 Å². The first-order valence-electron chi connectivity index (χ1n) is 8.35. The highest BCUT2D eigenvalue weighted by molar-refractivity contribution is 7.10. The van der Waals surface area contributed by atoms with Gasteiger partial charge >= 0.3 is 0 Å². The van der Waals surface area contributed by atoms with Crippen LogP contribution in [0.15, 0.2) is 29.6 Å². The standard InChI is InChI=1S/C18H20N4O2S/c1-11-6-8-25-17(11)13-5-7-22(10-16(13)23)18(24)12-3-4-15-14(9-12)19-20-21(15)2/h3-4,6,8-9,13,16,23H,5,7,10H2,1-2H3/t13-,16-/m1/s1. The summed E-state index contributed by atoms with van der Waals surface area (Å²) in [7, 11) is 1.82. The number of aromatic nitrogens is 3. The van der Waals surface area contributed by atoms with Gasteiger partial charge in [-0.25, -0.2) is 4.68 Å². The first kappa shape index (κ1) is 16.2. The predicted octanol–water partition coefficient (Wildman–Crippen LogP) is 2.33. The zero-order chi connectivity index (χ0) is 17.6. The fourth-order valence-corrected chi connectivity index (χ4v) is 4.66. The summed E-state index contributed by atoms with van der Waals surface area (Å²) in [4.78, 5) is 15.8. The van der Waals surface area contributed by atoms with Crippen molar-refractivity contribution in [2.24, 2.45) is 7.05 Å². The predicted molar refractivity (Wildman–Crippen MR) is 96.8 cm³/mol. The molecule has 0 aliphatic carbocycles. The number of aliphatic hydroxyl groups is 1. The van der Waals surface area contributed by atoms with Crippen molar-refractivity contribution in [1.29, 1.82) is 0 Å². The number of carbonyl (C=O) groups excluding carboxylic acids is 1. The number of β-amino-alcohol motifs (C(OH)–C–C–N with tert-alkyl or cyclic N) is 1. The molecule has 0 saturated carbocycles. The number of nitrogens with zero attached hydrogens (tertiary/aromatic N) is 4. The quantitative estimate of drug-likeness (QED) is 0.765. The largest absolute Gasteiger partial charge is 0.391 e. The number of thiophene rings is 1. The van der Waals surface area contributed by atoms with E-state index in [-0.39, 0.29) is 11.8 Å². The number of aryl methyl sites for hydroxylation is 2. The Hall–Kier alpha value is -2.25. The lowest BCUT2D eigenvalue weighted by Gasteiger charge is -2.36. The maximum atomic E-state index is 12.8. The SMILES string of the molecule is Cc1ccsc1[C@@H]1CCN(C(=O)c2ccc3c(c2)nnn3C)C[C@H]1O. The molecule has 1 saturated heterocycles. The Morgan fingerprint density at radius 3 is 2.92 bits per heavy atom. The van der Waals surface area contributed by atoms with E-state index in [1.807, 2.05) is 13.1 Å². The molecule has 4 rings (SSSR count). The minimum Gasteiger partial charge on any atom is -0.391 e.